The van der Waals surface area contributed by atoms with Crippen molar-refractivity contribution >= 4 is 0 Å². The van der Waals surface area contributed by atoms with Crippen LogP contribution in [0.3, 0.4) is 0 Å². The first kappa shape index (κ1) is 4.80. The van der Waals surface area contributed by atoms with Crippen LogP contribution in [-0.4, -0.2) is 6.10 Å². The third kappa shape index (κ3) is 0.510. The molecule has 0 aliphatic heterocycles. The third-order valence-corrected chi connectivity index (χ3v) is 2.42. The highest BCUT2D eigenvalue weighted by Gasteiger charge is 2.39. The number of rotatable bonds is 0. The Balaban J connectivity index is 2.11. The predicted molar refractivity (Wildman–Crippen MR) is 29.6 cm³/mol. The second-order valence-corrected chi connectivity index (χ2v) is 3.01. The van der Waals surface area contributed by atoms with Crippen molar-refractivity contribution in [1.29, 1.82) is 0 Å². The van der Waals surface area contributed by atoms with Gasteiger partial charge in [0.05, 0.1) is 6.10 Å². The van der Waals surface area contributed by atoms with Crippen LogP contribution in [0.25, 0.3) is 0 Å². The lowest BCUT2D eigenvalue weighted by atomic mass is 9.98. The van der Waals surface area contributed by atoms with Crippen LogP contribution < -0.4 is 0 Å². The summed E-state index contributed by atoms with van der Waals surface area (Å²) < 4.78 is 0. The van der Waals surface area contributed by atoms with Gasteiger partial charge in [0, 0.05) is 0 Å². The van der Waals surface area contributed by atoms with Crippen LogP contribution in [0, 0.1) is 18.3 Å². The molecule has 0 spiro atoms. The molecule has 2 bridgehead atoms. The Morgan fingerprint density at radius 2 is 2.25 bits per heavy atom. The lowest BCUT2D eigenvalue weighted by Crippen LogP contribution is -2.13. The minimum Gasteiger partial charge on any atom is -0.233 e. The average molecular weight is 110 g/mol. The fourth-order valence-corrected chi connectivity index (χ4v) is 1.94. The van der Waals surface area contributed by atoms with Crippen LogP contribution in [0.1, 0.15) is 19.3 Å². The van der Waals surface area contributed by atoms with Gasteiger partial charge in [-0.2, -0.15) is 0 Å². The molecule has 0 amide bonds. The normalized spacial score (nSPS) is 52.9. The van der Waals surface area contributed by atoms with Crippen molar-refractivity contribution in [3.63, 3.8) is 0 Å². The van der Waals surface area contributed by atoms with E-state index < -0.39 is 0 Å². The van der Waals surface area contributed by atoms with Crippen molar-refractivity contribution < 1.29 is 5.11 Å². The van der Waals surface area contributed by atoms with Gasteiger partial charge < -0.3 is 0 Å². The Morgan fingerprint density at radius 3 is 2.50 bits per heavy atom. The van der Waals surface area contributed by atoms with Gasteiger partial charge in [-0.15, -0.1) is 0 Å². The molecule has 2 fully saturated rings. The second-order valence-electron chi connectivity index (χ2n) is 3.01. The first-order chi connectivity index (χ1) is 3.86. The Kier molecular flexibility index (Phi) is 0.884. The Bertz CT molecular complexity index is 98.6. The summed E-state index contributed by atoms with van der Waals surface area (Å²) in [7, 11) is 0. The molecule has 0 heterocycles. The minimum atomic E-state index is -0.228. The van der Waals surface area contributed by atoms with E-state index in [9.17, 15) is 5.11 Å². The molecular formula is C7H10O. The van der Waals surface area contributed by atoms with E-state index in [1.165, 1.54) is 12.8 Å². The van der Waals surface area contributed by atoms with Gasteiger partial charge in [0.2, 0.25) is 0 Å². The summed E-state index contributed by atoms with van der Waals surface area (Å²) in [5, 5.41) is 10.9. The Labute approximate surface area is 49.7 Å². The molecule has 2 aliphatic carbocycles. The first-order valence-corrected chi connectivity index (χ1v) is 3.35. The van der Waals surface area contributed by atoms with Gasteiger partial charge in [0.1, 0.15) is 0 Å². The molecule has 1 nitrogen and oxygen atoms in total. The molecule has 0 aromatic carbocycles. The zero-order valence-corrected chi connectivity index (χ0v) is 4.84. The van der Waals surface area contributed by atoms with Gasteiger partial charge in [0.15, 0.2) is 0 Å². The molecular weight excluding hydrogens is 100 g/mol. The number of hydrogen-bond acceptors (Lipinski definition) is 0. The maximum Gasteiger partial charge on any atom is 0.0963 e. The molecule has 0 aromatic rings. The van der Waals surface area contributed by atoms with Gasteiger partial charge in [-0.25, -0.2) is 5.11 Å². The van der Waals surface area contributed by atoms with Crippen LogP contribution in [-0.2, 0) is 5.11 Å². The van der Waals surface area contributed by atoms with E-state index in [0.29, 0.717) is 5.92 Å². The molecule has 3 unspecified atom stereocenters. The highest BCUT2D eigenvalue weighted by atomic mass is 16.3. The summed E-state index contributed by atoms with van der Waals surface area (Å²) >= 11 is 0. The predicted octanol–water partition coefficient (Wildman–Crippen LogP) is 1.42. The highest BCUT2D eigenvalue weighted by Crippen LogP contribution is 2.43. The van der Waals surface area contributed by atoms with Crippen molar-refractivity contribution in [2.24, 2.45) is 11.8 Å². The van der Waals surface area contributed by atoms with Crippen molar-refractivity contribution in [2.45, 2.75) is 25.4 Å². The average Bonchev–Trinajstić information content (AvgIpc) is 2.23. The van der Waals surface area contributed by atoms with E-state index in [2.05, 4.69) is 6.42 Å². The molecule has 2 saturated carbocycles. The Hall–Kier alpha value is -0.0400. The van der Waals surface area contributed by atoms with Gasteiger partial charge in [-0.3, -0.25) is 0 Å². The summed E-state index contributed by atoms with van der Waals surface area (Å²) in [6.45, 7) is 0. The largest absolute Gasteiger partial charge is 0.233 e. The molecule has 2 radical (unpaired) electrons. The quantitative estimate of drug-likeness (QED) is 0.449. The maximum atomic E-state index is 10.9. The van der Waals surface area contributed by atoms with E-state index in [1.807, 2.05) is 0 Å². The van der Waals surface area contributed by atoms with E-state index in [1.54, 1.807) is 0 Å². The van der Waals surface area contributed by atoms with Gasteiger partial charge >= 0.3 is 0 Å². The second kappa shape index (κ2) is 1.47. The van der Waals surface area contributed by atoms with E-state index in [0.717, 1.165) is 12.3 Å². The first-order valence-electron chi connectivity index (χ1n) is 3.35. The molecule has 0 aromatic heterocycles. The molecule has 8 heavy (non-hydrogen) atoms. The monoisotopic (exact) mass is 110 g/mol. The highest BCUT2D eigenvalue weighted by molar-refractivity contribution is 4.99. The zero-order chi connectivity index (χ0) is 5.56. The summed E-state index contributed by atoms with van der Waals surface area (Å²) in [6, 6.07) is 0. The molecule has 2 aliphatic rings. The topological polar surface area (TPSA) is 19.9 Å². The fraction of sp³-hybridized carbons (Fsp3) is 0.857. The summed E-state index contributed by atoms with van der Waals surface area (Å²) in [4.78, 5) is 0. The number of fused-ring (bicyclic) bond motifs is 2. The van der Waals surface area contributed by atoms with Crippen LogP contribution in [0.2, 0.25) is 0 Å². The van der Waals surface area contributed by atoms with Gasteiger partial charge in [-0.05, 0) is 37.5 Å². The van der Waals surface area contributed by atoms with Crippen molar-refractivity contribution in [3.05, 3.63) is 6.42 Å². The van der Waals surface area contributed by atoms with Crippen molar-refractivity contribution in [3.8, 4) is 0 Å². The lowest BCUT2D eigenvalue weighted by Gasteiger charge is -2.11. The van der Waals surface area contributed by atoms with E-state index in [-0.39, 0.29) is 6.10 Å². The smallest absolute Gasteiger partial charge is 0.0963 e. The van der Waals surface area contributed by atoms with E-state index in [4.69, 9.17) is 0 Å². The van der Waals surface area contributed by atoms with E-state index >= 15 is 0 Å². The molecule has 0 N–H and O–H groups in total. The molecule has 3 atom stereocenters. The SMILES string of the molecule is [O]C1CC2C[CH]C1C2. The summed E-state index contributed by atoms with van der Waals surface area (Å²) in [5.41, 5.74) is 0. The maximum absolute atomic E-state index is 10.9. The fourth-order valence-electron chi connectivity index (χ4n) is 1.94. The zero-order valence-electron chi connectivity index (χ0n) is 4.84. The van der Waals surface area contributed by atoms with Crippen molar-refractivity contribution in [2.75, 3.05) is 0 Å². The van der Waals surface area contributed by atoms with Gasteiger partial charge in [-0.1, -0.05) is 0 Å². The standard InChI is InChI=1S/C7H10O/c8-7-4-5-1-2-6(7)3-5/h2,5-7H,1,3-4H2. The number of hydrogen-bond donors (Lipinski definition) is 0. The molecule has 2 rings (SSSR count). The van der Waals surface area contributed by atoms with Gasteiger partial charge in [0.25, 0.3) is 0 Å². The van der Waals surface area contributed by atoms with Crippen LogP contribution in [0.15, 0.2) is 0 Å². The van der Waals surface area contributed by atoms with Crippen LogP contribution in [0.4, 0.5) is 0 Å². The molecule has 1 heteroatoms. The molecule has 0 saturated heterocycles. The van der Waals surface area contributed by atoms with Crippen LogP contribution in [0.5, 0.6) is 0 Å². The summed E-state index contributed by atoms with van der Waals surface area (Å²) in [5.74, 6) is 1.24. The Morgan fingerprint density at radius 1 is 1.38 bits per heavy atom. The summed E-state index contributed by atoms with van der Waals surface area (Å²) in [6.07, 6.45) is 5.37. The van der Waals surface area contributed by atoms with Crippen molar-refractivity contribution in [1.82, 2.24) is 0 Å². The minimum absolute atomic E-state index is 0.228. The van der Waals surface area contributed by atoms with Crippen LogP contribution >= 0.6 is 0 Å². The molecule has 44 valence electrons. The lowest BCUT2D eigenvalue weighted by molar-refractivity contribution is 0.0570. The third-order valence-electron chi connectivity index (χ3n) is 2.42.